The maximum Gasteiger partial charge on any atom is 0.253 e. The normalized spacial score (nSPS) is 20.9. The van der Waals surface area contributed by atoms with Crippen molar-refractivity contribution in [2.75, 3.05) is 33.9 Å². The number of methoxy groups -OCH3 is 2. The number of carbonyl (C=O) groups is 2. The van der Waals surface area contributed by atoms with E-state index in [1.807, 2.05) is 23.1 Å². The first-order valence-corrected chi connectivity index (χ1v) is 19.5. The average Bonchev–Trinajstić information content (AvgIpc) is 3.68. The number of fused-ring (bicyclic) bond motifs is 3. The molecule has 0 aliphatic carbocycles. The number of ether oxygens (including phenoxy) is 2. The fourth-order valence-corrected chi connectivity index (χ4v) is 9.65. The van der Waals surface area contributed by atoms with Crippen molar-refractivity contribution in [1.82, 2.24) is 24.7 Å². The van der Waals surface area contributed by atoms with Crippen molar-refractivity contribution in [3.63, 3.8) is 0 Å². The molecular weight excluding hydrogens is 675 g/mol. The van der Waals surface area contributed by atoms with Crippen LogP contribution in [-0.4, -0.2) is 77.1 Å². The zero-order valence-corrected chi connectivity index (χ0v) is 31.7. The van der Waals surface area contributed by atoms with Gasteiger partial charge in [-0.25, -0.2) is 4.98 Å². The standard InChI is InChI=1S/C45H51N5O4/c1-31-47-40-14-7-8-15-41(40)50(31)38-27-36-17-18-37(28-38)49(36)25-22-45(35-12-5-4-6-13-35)20-23-48(24-21-45)44(52)33-11-9-10-32(26-33)43(51)46-30-34-16-19-39(53-2)29-42(34)54-3/h4-16,19,26,29,36-38H,17-18,20-25,27-28,30H2,1-3H3,(H,46,51)/t36-,37+,38+. The van der Waals surface area contributed by atoms with Crippen molar-refractivity contribution in [3.05, 3.63) is 125 Å². The molecular formula is C45H51N5O4. The molecule has 2 bridgehead atoms. The number of nitrogens with zero attached hydrogens (tertiary/aromatic N) is 4. The van der Waals surface area contributed by atoms with Crippen molar-refractivity contribution < 1.29 is 19.1 Å². The molecule has 8 rings (SSSR count). The molecule has 0 spiro atoms. The summed E-state index contributed by atoms with van der Waals surface area (Å²) in [5, 5.41) is 2.98. The minimum absolute atomic E-state index is 0.00964. The van der Waals surface area contributed by atoms with Gasteiger partial charge in [0, 0.05) is 60.5 Å². The van der Waals surface area contributed by atoms with Crippen LogP contribution in [0.4, 0.5) is 0 Å². The van der Waals surface area contributed by atoms with Crippen LogP contribution in [0.2, 0.25) is 0 Å². The van der Waals surface area contributed by atoms with Gasteiger partial charge in [-0.15, -0.1) is 0 Å². The fraction of sp³-hybridized carbons (Fsp3) is 0.400. The summed E-state index contributed by atoms with van der Waals surface area (Å²) in [5.74, 6) is 2.19. The van der Waals surface area contributed by atoms with E-state index >= 15 is 0 Å². The van der Waals surface area contributed by atoms with Crippen LogP contribution in [0.3, 0.4) is 0 Å². The van der Waals surface area contributed by atoms with Crippen LogP contribution in [0.5, 0.6) is 11.5 Å². The lowest BCUT2D eigenvalue weighted by Crippen LogP contribution is -2.49. The number of nitrogens with one attached hydrogen (secondary N) is 1. The van der Waals surface area contributed by atoms with Gasteiger partial charge in [0.25, 0.3) is 11.8 Å². The summed E-state index contributed by atoms with van der Waals surface area (Å²) in [5.41, 5.74) is 5.58. The zero-order chi connectivity index (χ0) is 37.2. The van der Waals surface area contributed by atoms with E-state index in [0.29, 0.717) is 60.4 Å². The predicted molar refractivity (Wildman–Crippen MR) is 211 cm³/mol. The average molecular weight is 726 g/mol. The number of imidazole rings is 1. The Hall–Kier alpha value is -5.15. The maximum atomic E-state index is 13.9. The molecule has 4 aromatic carbocycles. The van der Waals surface area contributed by atoms with Crippen molar-refractivity contribution in [2.45, 2.75) is 82.0 Å². The Morgan fingerprint density at radius 2 is 1.54 bits per heavy atom. The van der Waals surface area contributed by atoms with Gasteiger partial charge < -0.3 is 24.3 Å². The molecule has 0 saturated carbocycles. The maximum absolute atomic E-state index is 13.9. The number of para-hydroxylation sites is 2. The van der Waals surface area contributed by atoms with E-state index in [9.17, 15) is 9.59 Å². The monoisotopic (exact) mass is 725 g/mol. The van der Waals surface area contributed by atoms with Gasteiger partial charge in [0.1, 0.15) is 17.3 Å². The lowest BCUT2D eigenvalue weighted by molar-refractivity contribution is 0.0607. The van der Waals surface area contributed by atoms with Crippen LogP contribution in [0.1, 0.15) is 88.7 Å². The Morgan fingerprint density at radius 3 is 2.28 bits per heavy atom. The summed E-state index contributed by atoms with van der Waals surface area (Å²) >= 11 is 0. The molecule has 54 heavy (non-hydrogen) atoms. The summed E-state index contributed by atoms with van der Waals surface area (Å²) in [6, 6.07) is 33.8. The quantitative estimate of drug-likeness (QED) is 0.150. The lowest BCUT2D eigenvalue weighted by atomic mass is 9.70. The van der Waals surface area contributed by atoms with E-state index in [1.165, 1.54) is 36.8 Å². The van der Waals surface area contributed by atoms with Crippen LogP contribution in [0.15, 0.2) is 97.1 Å². The Morgan fingerprint density at radius 1 is 0.815 bits per heavy atom. The highest BCUT2D eigenvalue weighted by atomic mass is 16.5. The SMILES string of the molecule is COc1ccc(CNC(=O)c2cccc(C(=O)N3CCC(CCN4[C@@H]5CC[C@H]4C[C@@H](n4c(C)nc6ccccc64)C5)(c4ccccc4)CC3)c2)c(OC)c1. The number of hydrogen-bond acceptors (Lipinski definition) is 6. The van der Waals surface area contributed by atoms with E-state index < -0.39 is 0 Å². The predicted octanol–water partition coefficient (Wildman–Crippen LogP) is 7.72. The number of rotatable bonds is 11. The first kappa shape index (κ1) is 35.9. The number of likely N-dealkylation sites (tertiary alicyclic amines) is 1. The molecule has 5 aromatic rings. The van der Waals surface area contributed by atoms with E-state index in [1.54, 1.807) is 38.5 Å². The smallest absolute Gasteiger partial charge is 0.253 e. The Labute approximate surface area is 318 Å². The number of aryl methyl sites for hydroxylation is 1. The van der Waals surface area contributed by atoms with Crippen LogP contribution >= 0.6 is 0 Å². The van der Waals surface area contributed by atoms with E-state index in [2.05, 4.69) is 76.3 Å². The summed E-state index contributed by atoms with van der Waals surface area (Å²) < 4.78 is 13.3. The third kappa shape index (κ3) is 6.97. The highest BCUT2D eigenvalue weighted by molar-refractivity contribution is 5.99. The molecule has 2 amide bonds. The molecule has 0 radical (unpaired) electrons. The van der Waals surface area contributed by atoms with Gasteiger partial charge in [0.05, 0.1) is 25.3 Å². The van der Waals surface area contributed by atoms with Crippen LogP contribution < -0.4 is 14.8 Å². The Balaban J connectivity index is 0.916. The van der Waals surface area contributed by atoms with Crippen LogP contribution in [-0.2, 0) is 12.0 Å². The summed E-state index contributed by atoms with van der Waals surface area (Å²) in [7, 11) is 3.20. The second-order valence-corrected chi connectivity index (χ2v) is 15.4. The van der Waals surface area contributed by atoms with Gasteiger partial charge in [-0.1, -0.05) is 48.5 Å². The first-order chi connectivity index (χ1) is 26.4. The second-order valence-electron chi connectivity index (χ2n) is 15.4. The molecule has 9 nitrogen and oxygen atoms in total. The van der Waals surface area contributed by atoms with Gasteiger partial charge in [0.2, 0.25) is 0 Å². The van der Waals surface area contributed by atoms with E-state index in [-0.39, 0.29) is 17.2 Å². The van der Waals surface area contributed by atoms with Crippen molar-refractivity contribution in [1.29, 1.82) is 0 Å². The molecule has 280 valence electrons. The number of benzene rings is 4. The summed E-state index contributed by atoms with van der Waals surface area (Å²) in [4.78, 5) is 36.9. The molecule has 0 unspecified atom stereocenters. The molecule has 3 saturated heterocycles. The Kier molecular flexibility index (Phi) is 10.2. The van der Waals surface area contributed by atoms with E-state index in [4.69, 9.17) is 14.5 Å². The van der Waals surface area contributed by atoms with Crippen LogP contribution in [0, 0.1) is 6.92 Å². The first-order valence-electron chi connectivity index (χ1n) is 19.5. The van der Waals surface area contributed by atoms with Crippen molar-refractivity contribution in [3.8, 4) is 11.5 Å². The molecule has 9 heteroatoms. The molecule has 3 aliphatic rings. The third-order valence-corrected chi connectivity index (χ3v) is 12.5. The zero-order valence-electron chi connectivity index (χ0n) is 31.7. The summed E-state index contributed by atoms with van der Waals surface area (Å²) in [6.45, 7) is 4.89. The van der Waals surface area contributed by atoms with Crippen molar-refractivity contribution >= 4 is 22.8 Å². The molecule has 4 heterocycles. The van der Waals surface area contributed by atoms with E-state index in [0.717, 1.165) is 42.7 Å². The molecule has 3 aliphatic heterocycles. The van der Waals surface area contributed by atoms with Crippen LogP contribution in [0.25, 0.3) is 11.0 Å². The van der Waals surface area contributed by atoms with Crippen molar-refractivity contribution in [2.24, 2.45) is 0 Å². The third-order valence-electron chi connectivity index (χ3n) is 12.5. The largest absolute Gasteiger partial charge is 0.497 e. The number of piperidine rings is 2. The number of hydrogen-bond donors (Lipinski definition) is 1. The lowest BCUT2D eigenvalue weighted by Gasteiger charge is -2.45. The number of aromatic nitrogens is 2. The highest BCUT2D eigenvalue weighted by Crippen LogP contribution is 2.45. The molecule has 1 aromatic heterocycles. The van der Waals surface area contributed by atoms with Gasteiger partial charge in [-0.3, -0.25) is 14.5 Å². The van der Waals surface area contributed by atoms with Gasteiger partial charge in [0.15, 0.2) is 0 Å². The second kappa shape index (κ2) is 15.3. The Bertz CT molecular complexity index is 2110. The van der Waals surface area contributed by atoms with Gasteiger partial charge >= 0.3 is 0 Å². The number of carbonyl (C=O) groups excluding carboxylic acids is 2. The summed E-state index contributed by atoms with van der Waals surface area (Å²) in [6.07, 6.45) is 7.78. The van der Waals surface area contributed by atoms with Gasteiger partial charge in [-0.2, -0.15) is 0 Å². The highest BCUT2D eigenvalue weighted by Gasteiger charge is 2.44. The van der Waals surface area contributed by atoms with Gasteiger partial charge in [-0.05, 0) is 112 Å². The molecule has 1 N–H and O–H groups in total. The molecule has 3 fully saturated rings. The minimum atomic E-state index is -0.240. The molecule has 3 atom stereocenters. The topological polar surface area (TPSA) is 88.9 Å². The fourth-order valence-electron chi connectivity index (χ4n) is 9.65. The minimum Gasteiger partial charge on any atom is -0.497 e. The number of amides is 2.